The maximum Gasteiger partial charge on any atom is 0.339 e. The first-order chi connectivity index (χ1) is 22.2. The van der Waals surface area contributed by atoms with Crippen molar-refractivity contribution in [3.8, 4) is 0 Å². The molecule has 4 aromatic carbocycles. The van der Waals surface area contributed by atoms with E-state index < -0.39 is 67.5 Å². The minimum Gasteiger partial charge on any atom is -0.459 e. The van der Waals surface area contributed by atoms with E-state index in [1.807, 2.05) is 30.3 Å². The number of esters is 2. The lowest BCUT2D eigenvalue weighted by molar-refractivity contribution is 0.0191. The highest BCUT2D eigenvalue weighted by atomic mass is 16.5. The van der Waals surface area contributed by atoms with E-state index in [2.05, 4.69) is 6.58 Å². The van der Waals surface area contributed by atoms with Gasteiger partial charge in [-0.2, -0.15) is 0 Å². The van der Waals surface area contributed by atoms with Crippen LogP contribution in [0.2, 0.25) is 0 Å². The van der Waals surface area contributed by atoms with Crippen LogP contribution in [0.25, 0.3) is 21.5 Å². The molecule has 0 saturated carbocycles. The van der Waals surface area contributed by atoms with Crippen molar-refractivity contribution >= 4 is 33.5 Å². The molecule has 0 saturated heterocycles. The second-order valence-corrected chi connectivity index (χ2v) is 10.5. The SMILES string of the molecule is C=CCn1c(=O)n(CC(O)COC(=O)c2ccccc2)c(=O)n(CC(O)COC(=O)c2c3ccccc3cc3ccccc23)c1=O. The van der Waals surface area contributed by atoms with Gasteiger partial charge in [-0.3, -0.25) is 0 Å². The number of allylic oxidation sites excluding steroid dienone is 1. The molecule has 0 aliphatic rings. The minimum absolute atomic E-state index is 0.247. The Kier molecular flexibility index (Phi) is 9.70. The highest BCUT2D eigenvalue weighted by Crippen LogP contribution is 2.29. The van der Waals surface area contributed by atoms with Gasteiger partial charge in [-0.1, -0.05) is 72.8 Å². The van der Waals surface area contributed by atoms with Crippen molar-refractivity contribution in [1.29, 1.82) is 0 Å². The Hall–Kier alpha value is -5.59. The zero-order valence-electron chi connectivity index (χ0n) is 24.7. The van der Waals surface area contributed by atoms with Gasteiger partial charge in [-0.25, -0.2) is 37.7 Å². The van der Waals surface area contributed by atoms with E-state index in [-0.39, 0.29) is 12.1 Å². The van der Waals surface area contributed by atoms with Crippen LogP contribution in [0.1, 0.15) is 20.7 Å². The highest BCUT2D eigenvalue weighted by molar-refractivity contribution is 6.16. The van der Waals surface area contributed by atoms with Crippen LogP contribution in [0.3, 0.4) is 0 Å². The van der Waals surface area contributed by atoms with Crippen molar-refractivity contribution < 1.29 is 29.3 Å². The molecular formula is C34H31N3O9. The molecule has 5 aromatic rings. The van der Waals surface area contributed by atoms with Crippen molar-refractivity contribution in [1.82, 2.24) is 13.7 Å². The number of nitrogens with zero attached hydrogens (tertiary/aromatic N) is 3. The summed E-state index contributed by atoms with van der Waals surface area (Å²) in [6, 6.07) is 24.6. The number of hydrogen-bond acceptors (Lipinski definition) is 9. The fraction of sp³-hybridized carbons (Fsp3) is 0.206. The first kappa shape index (κ1) is 31.8. The number of carbonyl (C=O) groups is 2. The third-order valence-electron chi connectivity index (χ3n) is 7.28. The maximum absolute atomic E-state index is 13.3. The molecule has 1 heterocycles. The van der Waals surface area contributed by atoms with Crippen molar-refractivity contribution in [3.63, 3.8) is 0 Å². The van der Waals surface area contributed by atoms with E-state index in [0.717, 1.165) is 10.8 Å². The van der Waals surface area contributed by atoms with Crippen molar-refractivity contribution in [2.24, 2.45) is 0 Å². The molecule has 0 radical (unpaired) electrons. The second kappa shape index (κ2) is 14.0. The topological polar surface area (TPSA) is 159 Å². The third kappa shape index (κ3) is 6.72. The molecule has 0 spiro atoms. The number of aliphatic hydroxyl groups excluding tert-OH is 2. The monoisotopic (exact) mass is 625 g/mol. The summed E-state index contributed by atoms with van der Waals surface area (Å²) in [6.07, 6.45) is -1.73. The fourth-order valence-electron chi connectivity index (χ4n) is 5.11. The van der Waals surface area contributed by atoms with Crippen molar-refractivity contribution in [2.45, 2.75) is 31.8 Å². The second-order valence-electron chi connectivity index (χ2n) is 10.5. The molecule has 0 fully saturated rings. The van der Waals surface area contributed by atoms with Crippen molar-refractivity contribution in [2.75, 3.05) is 13.2 Å². The number of aliphatic hydroxyl groups is 2. The Morgan fingerprint density at radius 2 is 1.13 bits per heavy atom. The van der Waals surface area contributed by atoms with Gasteiger partial charge in [-0.15, -0.1) is 6.58 Å². The molecule has 0 aliphatic carbocycles. The lowest BCUT2D eigenvalue weighted by Gasteiger charge is -2.18. The van der Waals surface area contributed by atoms with Gasteiger partial charge in [0.1, 0.15) is 25.4 Å². The lowest BCUT2D eigenvalue weighted by Crippen LogP contribution is -2.56. The van der Waals surface area contributed by atoms with E-state index in [9.17, 15) is 34.2 Å². The normalized spacial score (nSPS) is 12.5. The maximum atomic E-state index is 13.3. The predicted molar refractivity (Wildman–Crippen MR) is 170 cm³/mol. The van der Waals surface area contributed by atoms with Gasteiger partial charge in [0.05, 0.1) is 30.8 Å². The largest absolute Gasteiger partial charge is 0.459 e. The number of ether oxygens (including phenoxy) is 2. The van der Waals surface area contributed by atoms with E-state index in [1.165, 1.54) is 18.2 Å². The number of carbonyl (C=O) groups excluding carboxylic acids is 2. The molecule has 236 valence electrons. The Balaban J connectivity index is 1.34. The van der Waals surface area contributed by atoms with Crippen LogP contribution in [0.15, 0.2) is 112 Å². The zero-order valence-corrected chi connectivity index (χ0v) is 24.7. The molecule has 0 bridgehead atoms. The quantitative estimate of drug-likeness (QED) is 0.120. The van der Waals surface area contributed by atoms with Gasteiger partial charge in [0.15, 0.2) is 0 Å². The summed E-state index contributed by atoms with van der Waals surface area (Å²) >= 11 is 0. The molecule has 12 nitrogen and oxygen atoms in total. The molecule has 2 atom stereocenters. The van der Waals surface area contributed by atoms with Crippen LogP contribution in [0.5, 0.6) is 0 Å². The first-order valence-electron chi connectivity index (χ1n) is 14.4. The van der Waals surface area contributed by atoms with Crippen LogP contribution in [-0.4, -0.2) is 61.3 Å². The molecule has 2 unspecified atom stereocenters. The van der Waals surface area contributed by atoms with E-state index in [0.29, 0.717) is 30.0 Å². The van der Waals surface area contributed by atoms with Crippen LogP contribution in [-0.2, 0) is 29.1 Å². The molecular weight excluding hydrogens is 594 g/mol. The molecule has 2 N–H and O–H groups in total. The Bertz CT molecular complexity index is 2040. The number of hydrogen-bond donors (Lipinski definition) is 2. The average molecular weight is 626 g/mol. The van der Waals surface area contributed by atoms with E-state index >= 15 is 0 Å². The zero-order chi connectivity index (χ0) is 32.8. The van der Waals surface area contributed by atoms with Gasteiger partial charge < -0.3 is 19.7 Å². The summed E-state index contributed by atoms with van der Waals surface area (Å²) in [5.41, 5.74) is -2.61. The van der Waals surface area contributed by atoms with Crippen LogP contribution < -0.4 is 17.1 Å². The number of benzene rings is 4. The molecule has 1 aromatic heterocycles. The smallest absolute Gasteiger partial charge is 0.339 e. The van der Waals surface area contributed by atoms with Gasteiger partial charge >= 0.3 is 29.0 Å². The van der Waals surface area contributed by atoms with Crippen LogP contribution in [0.4, 0.5) is 0 Å². The predicted octanol–water partition coefficient (Wildman–Crippen LogP) is 2.10. The number of aromatic nitrogens is 3. The summed E-state index contributed by atoms with van der Waals surface area (Å²) < 4.78 is 12.5. The van der Waals surface area contributed by atoms with Crippen LogP contribution in [0, 0.1) is 0 Å². The molecule has 0 amide bonds. The molecule has 5 rings (SSSR count). The molecule has 46 heavy (non-hydrogen) atoms. The Labute approximate surface area is 261 Å². The average Bonchev–Trinajstić information content (AvgIpc) is 3.07. The van der Waals surface area contributed by atoms with E-state index in [4.69, 9.17) is 9.47 Å². The van der Waals surface area contributed by atoms with Crippen molar-refractivity contribution in [3.05, 3.63) is 140 Å². The minimum atomic E-state index is -1.52. The van der Waals surface area contributed by atoms with Gasteiger partial charge in [0.2, 0.25) is 0 Å². The summed E-state index contributed by atoms with van der Waals surface area (Å²) in [4.78, 5) is 65.0. The van der Waals surface area contributed by atoms with Gasteiger partial charge in [0, 0.05) is 0 Å². The van der Waals surface area contributed by atoms with Gasteiger partial charge in [0.25, 0.3) is 0 Å². The molecule has 12 heteroatoms. The summed E-state index contributed by atoms with van der Waals surface area (Å²) in [7, 11) is 0. The third-order valence-corrected chi connectivity index (χ3v) is 7.28. The fourth-order valence-corrected chi connectivity index (χ4v) is 5.11. The number of fused-ring (bicyclic) bond motifs is 2. The summed E-state index contributed by atoms with van der Waals surface area (Å²) in [6.45, 7) is 0.913. The summed E-state index contributed by atoms with van der Waals surface area (Å²) in [5.74, 6) is -1.42. The van der Waals surface area contributed by atoms with Crippen LogP contribution >= 0.6 is 0 Å². The van der Waals surface area contributed by atoms with E-state index in [1.54, 1.807) is 42.5 Å². The van der Waals surface area contributed by atoms with Gasteiger partial charge in [-0.05, 0) is 39.7 Å². The molecule has 0 aliphatic heterocycles. The highest BCUT2D eigenvalue weighted by Gasteiger charge is 2.22. The first-order valence-corrected chi connectivity index (χ1v) is 14.4. The number of rotatable bonds is 12. The Morgan fingerprint density at radius 1 is 0.674 bits per heavy atom. The summed E-state index contributed by atoms with van der Waals surface area (Å²) in [5, 5.41) is 24.3. The lowest BCUT2D eigenvalue weighted by atomic mass is 9.97. The standard InChI is InChI=1S/C34H31N3O9/c1-2-16-35-32(42)36(18-25(38)20-45-30(40)22-10-4-3-5-11-22)34(44)37(33(35)43)19-26(39)21-46-31(41)29-27-14-8-6-12-23(27)17-24-13-7-9-15-28(24)29/h2-15,17,25-26,38-39H,1,16,18-21H2. The Morgan fingerprint density at radius 3 is 1.65 bits per heavy atom.